The number of anilines is 2. The molecule has 0 bridgehead atoms. The number of nitrogen functional groups attached to an aromatic ring is 1. The molecule has 1 saturated carbocycles. The van der Waals surface area contributed by atoms with E-state index in [1.165, 1.54) is 12.8 Å². The van der Waals surface area contributed by atoms with Crippen LogP contribution in [0.3, 0.4) is 0 Å². The van der Waals surface area contributed by atoms with Gasteiger partial charge in [-0.25, -0.2) is 4.98 Å². The second-order valence-corrected chi connectivity index (χ2v) is 4.53. The van der Waals surface area contributed by atoms with Crippen molar-refractivity contribution >= 4 is 11.5 Å². The van der Waals surface area contributed by atoms with E-state index in [0.29, 0.717) is 0 Å². The van der Waals surface area contributed by atoms with Crippen LogP contribution >= 0.6 is 0 Å². The standard InChI is InChI=1S/C12H20N4/c1-9-3-6-11(13)12(15-9)14-7-8-16(2)10-4-5-10/h3,6,10H,4-5,7-8,13H2,1-2H3,(H,14,15). The molecule has 4 nitrogen and oxygen atoms in total. The highest BCUT2D eigenvalue weighted by atomic mass is 15.2. The fourth-order valence-corrected chi connectivity index (χ4v) is 1.76. The molecule has 2 rings (SSSR count). The van der Waals surface area contributed by atoms with Crippen molar-refractivity contribution in [3.63, 3.8) is 0 Å². The zero-order valence-corrected chi connectivity index (χ0v) is 10.0. The van der Waals surface area contributed by atoms with Gasteiger partial charge in [0.1, 0.15) is 5.82 Å². The highest BCUT2D eigenvalue weighted by Crippen LogP contribution is 2.24. The van der Waals surface area contributed by atoms with E-state index in [1.807, 2.05) is 19.1 Å². The molecular weight excluding hydrogens is 200 g/mol. The summed E-state index contributed by atoms with van der Waals surface area (Å²) in [6, 6.07) is 4.64. The lowest BCUT2D eigenvalue weighted by molar-refractivity contribution is 0.337. The molecule has 1 heterocycles. The van der Waals surface area contributed by atoms with Gasteiger partial charge < -0.3 is 16.0 Å². The molecule has 4 heteroatoms. The predicted octanol–water partition coefficient (Wildman–Crippen LogP) is 1.48. The number of likely N-dealkylation sites (N-methyl/N-ethyl adjacent to an activating group) is 1. The maximum Gasteiger partial charge on any atom is 0.149 e. The fraction of sp³-hybridized carbons (Fsp3) is 0.583. The van der Waals surface area contributed by atoms with E-state index >= 15 is 0 Å². The Labute approximate surface area is 96.8 Å². The molecule has 0 unspecified atom stereocenters. The maximum atomic E-state index is 5.84. The van der Waals surface area contributed by atoms with Gasteiger partial charge in [-0.3, -0.25) is 0 Å². The van der Waals surface area contributed by atoms with Crippen molar-refractivity contribution in [2.24, 2.45) is 0 Å². The summed E-state index contributed by atoms with van der Waals surface area (Å²) in [5.41, 5.74) is 7.55. The zero-order chi connectivity index (χ0) is 11.5. The second kappa shape index (κ2) is 4.70. The maximum absolute atomic E-state index is 5.84. The zero-order valence-electron chi connectivity index (χ0n) is 10.0. The third kappa shape index (κ3) is 2.85. The first-order valence-electron chi connectivity index (χ1n) is 5.84. The topological polar surface area (TPSA) is 54.2 Å². The second-order valence-electron chi connectivity index (χ2n) is 4.53. The summed E-state index contributed by atoms with van der Waals surface area (Å²) in [5.74, 6) is 0.809. The number of rotatable bonds is 5. The Hall–Kier alpha value is -1.29. The third-order valence-corrected chi connectivity index (χ3v) is 2.99. The van der Waals surface area contributed by atoms with E-state index in [9.17, 15) is 0 Å². The number of nitrogens with one attached hydrogen (secondary N) is 1. The molecule has 1 aliphatic rings. The molecule has 88 valence electrons. The largest absolute Gasteiger partial charge is 0.396 e. The van der Waals surface area contributed by atoms with E-state index in [-0.39, 0.29) is 0 Å². The summed E-state index contributed by atoms with van der Waals surface area (Å²) in [7, 11) is 2.17. The Morgan fingerprint density at radius 2 is 2.25 bits per heavy atom. The third-order valence-electron chi connectivity index (χ3n) is 2.99. The van der Waals surface area contributed by atoms with Crippen molar-refractivity contribution in [3.8, 4) is 0 Å². The lowest BCUT2D eigenvalue weighted by Crippen LogP contribution is -2.27. The fourth-order valence-electron chi connectivity index (χ4n) is 1.76. The van der Waals surface area contributed by atoms with Gasteiger partial charge in [0.2, 0.25) is 0 Å². The molecule has 1 aromatic heterocycles. The molecule has 1 aromatic rings. The Balaban J connectivity index is 1.81. The Bertz CT molecular complexity index is 360. The van der Waals surface area contributed by atoms with E-state index in [1.54, 1.807) is 0 Å². The van der Waals surface area contributed by atoms with E-state index in [4.69, 9.17) is 5.73 Å². The first-order valence-corrected chi connectivity index (χ1v) is 5.84. The number of hydrogen-bond donors (Lipinski definition) is 2. The van der Waals surface area contributed by atoms with Crippen molar-refractivity contribution in [1.29, 1.82) is 0 Å². The average molecular weight is 220 g/mol. The van der Waals surface area contributed by atoms with Crippen LogP contribution < -0.4 is 11.1 Å². The van der Waals surface area contributed by atoms with Gasteiger partial charge in [0.05, 0.1) is 5.69 Å². The number of aromatic nitrogens is 1. The van der Waals surface area contributed by atoms with Crippen LogP contribution in [-0.4, -0.2) is 36.1 Å². The van der Waals surface area contributed by atoms with Gasteiger partial charge >= 0.3 is 0 Å². The molecule has 1 aliphatic carbocycles. The summed E-state index contributed by atoms with van der Waals surface area (Å²) in [6.45, 7) is 3.91. The smallest absolute Gasteiger partial charge is 0.149 e. The summed E-state index contributed by atoms with van der Waals surface area (Å²) < 4.78 is 0. The van der Waals surface area contributed by atoms with Gasteiger partial charge in [-0.15, -0.1) is 0 Å². The lowest BCUT2D eigenvalue weighted by atomic mass is 10.3. The molecule has 16 heavy (non-hydrogen) atoms. The normalized spacial score (nSPS) is 15.4. The van der Waals surface area contributed by atoms with E-state index in [2.05, 4.69) is 22.2 Å². The summed E-state index contributed by atoms with van der Waals surface area (Å²) >= 11 is 0. The number of hydrogen-bond acceptors (Lipinski definition) is 4. The highest BCUT2D eigenvalue weighted by molar-refractivity contribution is 5.61. The SMILES string of the molecule is Cc1ccc(N)c(NCCN(C)C2CC2)n1. The van der Waals surface area contributed by atoms with E-state index in [0.717, 1.165) is 36.3 Å². The molecule has 0 atom stereocenters. The Kier molecular flexibility index (Phi) is 3.29. The minimum atomic E-state index is 0.722. The number of pyridine rings is 1. The molecule has 3 N–H and O–H groups in total. The molecule has 1 fully saturated rings. The van der Waals surface area contributed by atoms with Crippen LogP contribution in [-0.2, 0) is 0 Å². The quantitative estimate of drug-likeness (QED) is 0.789. The molecule has 0 amide bonds. The van der Waals surface area contributed by atoms with Gasteiger partial charge in [0.15, 0.2) is 0 Å². The van der Waals surface area contributed by atoms with Gasteiger partial charge in [-0.1, -0.05) is 0 Å². The Morgan fingerprint density at radius 3 is 2.94 bits per heavy atom. The van der Waals surface area contributed by atoms with Gasteiger partial charge in [-0.2, -0.15) is 0 Å². The van der Waals surface area contributed by atoms with Crippen molar-refractivity contribution in [1.82, 2.24) is 9.88 Å². The minimum absolute atomic E-state index is 0.722. The van der Waals surface area contributed by atoms with Crippen LogP contribution in [0.5, 0.6) is 0 Å². The first kappa shape index (κ1) is 11.2. The number of aryl methyl sites for hydroxylation is 1. The van der Waals surface area contributed by atoms with Crippen LogP contribution in [0.2, 0.25) is 0 Å². The van der Waals surface area contributed by atoms with Crippen LogP contribution in [0.4, 0.5) is 11.5 Å². The average Bonchev–Trinajstić information content (AvgIpc) is 3.06. The van der Waals surface area contributed by atoms with Crippen molar-refractivity contribution in [3.05, 3.63) is 17.8 Å². The highest BCUT2D eigenvalue weighted by Gasteiger charge is 2.25. The van der Waals surface area contributed by atoms with Crippen LogP contribution in [0.1, 0.15) is 18.5 Å². The van der Waals surface area contributed by atoms with Crippen LogP contribution in [0.25, 0.3) is 0 Å². The molecular formula is C12H20N4. The number of nitrogens with two attached hydrogens (primary N) is 1. The summed E-state index contributed by atoms with van der Waals surface area (Å²) in [4.78, 5) is 6.76. The predicted molar refractivity (Wildman–Crippen MR) is 67.5 cm³/mol. The summed E-state index contributed by atoms with van der Waals surface area (Å²) in [6.07, 6.45) is 2.70. The van der Waals surface area contributed by atoms with Crippen molar-refractivity contribution in [2.45, 2.75) is 25.8 Å². The van der Waals surface area contributed by atoms with Crippen molar-refractivity contribution in [2.75, 3.05) is 31.2 Å². The van der Waals surface area contributed by atoms with Crippen LogP contribution in [0.15, 0.2) is 12.1 Å². The lowest BCUT2D eigenvalue weighted by Gasteiger charge is -2.16. The van der Waals surface area contributed by atoms with Gasteiger partial charge in [0.25, 0.3) is 0 Å². The van der Waals surface area contributed by atoms with Gasteiger partial charge in [0, 0.05) is 24.8 Å². The monoisotopic (exact) mass is 220 g/mol. The van der Waals surface area contributed by atoms with E-state index < -0.39 is 0 Å². The molecule has 0 saturated heterocycles. The van der Waals surface area contributed by atoms with Crippen molar-refractivity contribution < 1.29 is 0 Å². The molecule has 0 radical (unpaired) electrons. The minimum Gasteiger partial charge on any atom is -0.396 e. The molecule has 0 aromatic carbocycles. The Morgan fingerprint density at radius 1 is 1.50 bits per heavy atom. The molecule has 0 aliphatic heterocycles. The number of nitrogens with zero attached hydrogens (tertiary/aromatic N) is 2. The van der Waals surface area contributed by atoms with Gasteiger partial charge in [-0.05, 0) is 38.9 Å². The first-order chi connectivity index (χ1) is 7.66. The summed E-state index contributed by atoms with van der Waals surface area (Å²) in [5, 5.41) is 3.29. The van der Waals surface area contributed by atoms with Crippen LogP contribution in [0, 0.1) is 6.92 Å². The molecule has 0 spiro atoms.